The molecule has 0 spiro atoms. The van der Waals surface area contributed by atoms with Crippen LogP contribution in [0.1, 0.15) is 10.6 Å². The van der Waals surface area contributed by atoms with Crippen LogP contribution in [-0.4, -0.2) is 46.8 Å². The van der Waals surface area contributed by atoms with Crippen LogP contribution >= 0.6 is 22.9 Å². The minimum atomic E-state index is -4.61. The van der Waals surface area contributed by atoms with Crippen molar-refractivity contribution in [3.05, 3.63) is 44.7 Å². The molecule has 1 aliphatic rings. The van der Waals surface area contributed by atoms with Gasteiger partial charge in [0.2, 0.25) is 0 Å². The molecule has 0 saturated carbocycles. The third-order valence-electron chi connectivity index (χ3n) is 4.16. The van der Waals surface area contributed by atoms with E-state index in [0.29, 0.717) is 36.3 Å². The van der Waals surface area contributed by atoms with Crippen molar-refractivity contribution in [2.45, 2.75) is 12.8 Å². The quantitative estimate of drug-likeness (QED) is 0.258. The fraction of sp³-hybridized carbons (Fsp3) is 0.188. The van der Waals surface area contributed by atoms with Crippen LogP contribution in [0.5, 0.6) is 0 Å². The summed E-state index contributed by atoms with van der Waals surface area (Å²) >= 11 is 6.78. The number of thiazole rings is 1. The molecule has 160 valence electrons. The van der Waals surface area contributed by atoms with Gasteiger partial charge in [-0.05, 0) is 0 Å². The van der Waals surface area contributed by atoms with Gasteiger partial charge in [0.15, 0.2) is 0 Å². The normalized spacial score (nSPS) is 16.0. The van der Waals surface area contributed by atoms with Gasteiger partial charge in [0.25, 0.3) is 0 Å². The number of hydrogen-bond acceptors (Lipinski definition) is 9. The van der Waals surface area contributed by atoms with Crippen molar-refractivity contribution in [1.82, 2.24) is 0 Å². The molecule has 4 rings (SSSR count). The van der Waals surface area contributed by atoms with E-state index in [1.165, 1.54) is 15.7 Å². The molecule has 0 amide bonds. The minimum absolute atomic E-state index is 0.376. The number of benzene rings is 1. The van der Waals surface area contributed by atoms with Gasteiger partial charge in [-0.3, -0.25) is 0 Å². The van der Waals surface area contributed by atoms with Crippen molar-refractivity contribution >= 4 is 84.8 Å². The fourth-order valence-corrected chi connectivity index (χ4v) is 8.18. The number of aryl methyl sites for hydroxylation is 1. The first-order chi connectivity index (χ1) is 13.9. The maximum atomic E-state index is 11.5. The van der Waals surface area contributed by atoms with Gasteiger partial charge in [-0.2, -0.15) is 0 Å². The summed E-state index contributed by atoms with van der Waals surface area (Å²) in [6.07, 6.45) is 3.05. The summed E-state index contributed by atoms with van der Waals surface area (Å²) in [5.41, 5.74) is 1.63. The van der Waals surface area contributed by atoms with Crippen LogP contribution < -0.4 is 13.9 Å². The van der Waals surface area contributed by atoms with E-state index in [2.05, 4.69) is 0 Å². The number of furan rings is 1. The predicted octanol–water partition coefficient (Wildman–Crippen LogP) is 0.897. The summed E-state index contributed by atoms with van der Waals surface area (Å²) in [5, 5.41) is 0.770. The Morgan fingerprint density at radius 1 is 1.27 bits per heavy atom. The van der Waals surface area contributed by atoms with Gasteiger partial charge in [-0.1, -0.05) is 0 Å². The molecule has 0 N–H and O–H groups in total. The summed E-state index contributed by atoms with van der Waals surface area (Å²) in [7, 11) is -9.23. The van der Waals surface area contributed by atoms with Crippen LogP contribution in [0, 0.1) is 6.92 Å². The van der Waals surface area contributed by atoms with Gasteiger partial charge in [-0.25, -0.2) is 0 Å². The van der Waals surface area contributed by atoms with E-state index in [1.54, 1.807) is 31.2 Å². The fourth-order valence-electron chi connectivity index (χ4n) is 3.04. The van der Waals surface area contributed by atoms with E-state index in [4.69, 9.17) is 16.0 Å². The zero-order chi connectivity index (χ0) is 21.8. The number of fused-ring (bicyclic) bond motifs is 2. The van der Waals surface area contributed by atoms with E-state index < -0.39 is 32.0 Å². The van der Waals surface area contributed by atoms with Crippen LogP contribution in [0.4, 0.5) is 5.69 Å². The predicted molar refractivity (Wildman–Crippen MR) is 111 cm³/mol. The molecule has 0 fully saturated rings. The second-order valence-corrected chi connectivity index (χ2v) is 12.8. The van der Waals surface area contributed by atoms with E-state index in [1.807, 2.05) is 0 Å². The number of rotatable bonds is 5. The SMILES string of the molecule is Cc1coc2sc(C=C3[Se]c4ccc(Cl)cc4N3CS(=O)(=O)[O-])[n+](CS(=O)(=O)[O-])c12. The summed E-state index contributed by atoms with van der Waals surface area (Å²) < 4.78 is 77.0. The zero-order valence-corrected chi connectivity index (χ0v) is 20.0. The van der Waals surface area contributed by atoms with Crippen molar-refractivity contribution in [2.24, 2.45) is 0 Å². The molecular formula is C16H12ClN2O7S3Se-. The molecular weight excluding hydrogens is 543 g/mol. The first kappa shape index (κ1) is 21.8. The van der Waals surface area contributed by atoms with Crippen LogP contribution in [-0.2, 0) is 26.1 Å². The van der Waals surface area contributed by atoms with Crippen molar-refractivity contribution in [3.8, 4) is 0 Å². The average Bonchev–Trinajstić information content (AvgIpc) is 3.22. The van der Waals surface area contributed by atoms with Crippen molar-refractivity contribution in [2.75, 3.05) is 10.8 Å². The number of halogens is 1. The molecule has 1 aliphatic heterocycles. The van der Waals surface area contributed by atoms with E-state index in [9.17, 15) is 25.9 Å². The number of aromatic nitrogens is 1. The van der Waals surface area contributed by atoms with Crippen molar-refractivity contribution in [3.63, 3.8) is 0 Å². The number of anilines is 1. The van der Waals surface area contributed by atoms with E-state index in [-0.39, 0.29) is 15.0 Å². The van der Waals surface area contributed by atoms with Crippen LogP contribution in [0.25, 0.3) is 16.5 Å². The molecule has 0 atom stereocenters. The number of hydrogen-bond donors (Lipinski definition) is 0. The second-order valence-electron chi connectivity index (χ2n) is 6.42. The van der Waals surface area contributed by atoms with Crippen LogP contribution in [0.2, 0.25) is 5.02 Å². The van der Waals surface area contributed by atoms with E-state index >= 15 is 0 Å². The van der Waals surface area contributed by atoms with Gasteiger partial charge in [0.05, 0.1) is 0 Å². The molecule has 2 aromatic heterocycles. The Labute approximate surface area is 187 Å². The molecule has 0 saturated heterocycles. The Morgan fingerprint density at radius 3 is 2.67 bits per heavy atom. The molecule has 3 heterocycles. The Kier molecular flexibility index (Phi) is 5.52. The second kappa shape index (κ2) is 7.61. The number of nitrogens with zero attached hydrogens (tertiary/aromatic N) is 2. The third kappa shape index (κ3) is 4.43. The standard InChI is InChI=1S/C16H13ClN2O7S3Se/c1-9-6-26-16-15(9)19(8-29(23,24)25)13(27-16)5-14-18(7-28(20,21)22)11-4-10(17)2-3-12(11)30-14/h2-6H,7-8H2,1H3,(H-,20,21,22,23,24,25)/p-1. The summed E-state index contributed by atoms with van der Waals surface area (Å²) in [5.74, 6) is -1.60. The van der Waals surface area contributed by atoms with Crippen LogP contribution in [0.15, 0.2) is 33.5 Å². The molecule has 0 bridgehead atoms. The summed E-state index contributed by atoms with van der Waals surface area (Å²) in [4.78, 5) is 1.78. The molecule has 3 aromatic rings. The Bertz CT molecular complexity index is 1410. The van der Waals surface area contributed by atoms with Gasteiger partial charge in [-0.15, -0.1) is 0 Å². The molecule has 0 aliphatic carbocycles. The van der Waals surface area contributed by atoms with Gasteiger partial charge in [0, 0.05) is 0 Å². The topological polar surface area (TPSA) is 135 Å². The van der Waals surface area contributed by atoms with Crippen molar-refractivity contribution < 1.29 is 34.9 Å². The Morgan fingerprint density at radius 2 is 2.00 bits per heavy atom. The van der Waals surface area contributed by atoms with Crippen molar-refractivity contribution in [1.29, 1.82) is 0 Å². The molecule has 0 radical (unpaired) electrons. The van der Waals surface area contributed by atoms with Gasteiger partial charge < -0.3 is 0 Å². The van der Waals surface area contributed by atoms with Crippen LogP contribution in [0.3, 0.4) is 0 Å². The first-order valence-electron chi connectivity index (χ1n) is 8.15. The monoisotopic (exact) mass is 555 g/mol. The molecule has 1 aromatic carbocycles. The Balaban J connectivity index is 1.88. The first-order valence-corrected chi connectivity index (χ1v) is 14.2. The molecule has 9 nitrogen and oxygen atoms in total. The molecule has 30 heavy (non-hydrogen) atoms. The van der Waals surface area contributed by atoms with Gasteiger partial charge >= 0.3 is 188 Å². The summed E-state index contributed by atoms with van der Waals surface area (Å²) in [6, 6.07) is 5.00. The Hall–Kier alpha value is -1.44. The van der Waals surface area contributed by atoms with E-state index in [0.717, 1.165) is 15.8 Å². The third-order valence-corrected chi connectivity index (χ3v) is 8.90. The molecule has 14 heteroatoms. The summed E-state index contributed by atoms with van der Waals surface area (Å²) in [6.45, 7) is 1.72. The molecule has 0 unspecified atom stereocenters. The maximum absolute atomic E-state index is 11.5. The van der Waals surface area contributed by atoms with Gasteiger partial charge in [0.1, 0.15) is 0 Å². The average molecular weight is 555 g/mol. The zero-order valence-electron chi connectivity index (χ0n) is 15.1.